The van der Waals surface area contributed by atoms with Gasteiger partial charge in [0.2, 0.25) is 0 Å². The third-order valence-electron chi connectivity index (χ3n) is 2.66. The molecule has 0 radical (unpaired) electrons. The van der Waals surface area contributed by atoms with E-state index in [0.717, 1.165) is 21.9 Å². The topological polar surface area (TPSA) is 24.4 Å². The van der Waals surface area contributed by atoms with Crippen molar-refractivity contribution in [3.63, 3.8) is 0 Å². The number of amidine groups is 1. The normalized spacial score (nSPS) is 19.2. The highest BCUT2D eigenvalue weighted by molar-refractivity contribution is 9.10. The van der Waals surface area contributed by atoms with Crippen molar-refractivity contribution in [2.45, 2.75) is 19.1 Å². The van der Waals surface area contributed by atoms with Crippen LogP contribution in [-0.2, 0) is 0 Å². The summed E-state index contributed by atoms with van der Waals surface area (Å²) in [6, 6.07) is 3.63. The highest BCUT2D eigenvalue weighted by Crippen LogP contribution is 2.36. The number of hydrogen-bond acceptors (Lipinski definition) is 3. The zero-order chi connectivity index (χ0) is 13.3. The number of benzene rings is 1. The van der Waals surface area contributed by atoms with Crippen LogP contribution in [0.4, 0.5) is 5.69 Å². The third kappa shape index (κ3) is 3.35. The average molecular weight is 368 g/mol. The standard InChI is InChI=1S/C12H13BrCl2N2S/c1-6(2)10-5-16-12(18-10)17-11-8(14)3-7(13)4-9(11)15/h3-4,6,10H,5H2,1-2H3,(H,16,17). The predicted molar refractivity (Wildman–Crippen MR) is 86.3 cm³/mol. The molecule has 1 atom stereocenters. The van der Waals surface area contributed by atoms with Gasteiger partial charge in [0.25, 0.3) is 0 Å². The minimum atomic E-state index is 0.528. The van der Waals surface area contributed by atoms with Crippen molar-refractivity contribution in [3.05, 3.63) is 26.7 Å². The smallest absolute Gasteiger partial charge is 0.161 e. The Hall–Kier alpha value is 0.1000. The summed E-state index contributed by atoms with van der Waals surface area (Å²) in [6.07, 6.45) is 0. The first kappa shape index (κ1) is 14.5. The van der Waals surface area contributed by atoms with Crippen molar-refractivity contribution in [2.75, 3.05) is 11.9 Å². The molecule has 0 fully saturated rings. The van der Waals surface area contributed by atoms with Crippen molar-refractivity contribution in [1.29, 1.82) is 0 Å². The summed E-state index contributed by atoms with van der Waals surface area (Å²) < 4.78 is 0.865. The molecule has 18 heavy (non-hydrogen) atoms. The molecule has 0 bridgehead atoms. The van der Waals surface area contributed by atoms with Gasteiger partial charge < -0.3 is 5.32 Å². The van der Waals surface area contributed by atoms with Gasteiger partial charge in [-0.1, -0.05) is 64.7 Å². The molecule has 0 spiro atoms. The second-order valence-electron chi connectivity index (χ2n) is 4.42. The molecule has 2 nitrogen and oxygen atoms in total. The van der Waals surface area contributed by atoms with Crippen LogP contribution in [0.5, 0.6) is 0 Å². The molecule has 0 saturated heterocycles. The lowest BCUT2D eigenvalue weighted by molar-refractivity contribution is 0.621. The Morgan fingerprint density at radius 1 is 1.39 bits per heavy atom. The lowest BCUT2D eigenvalue weighted by Gasteiger charge is -2.13. The summed E-state index contributed by atoms with van der Waals surface area (Å²) >= 11 is 17.4. The van der Waals surface area contributed by atoms with Crippen molar-refractivity contribution in [1.82, 2.24) is 0 Å². The van der Waals surface area contributed by atoms with E-state index in [-0.39, 0.29) is 0 Å². The Labute approximate surface area is 130 Å². The molecule has 1 aromatic rings. The van der Waals surface area contributed by atoms with Crippen LogP contribution in [-0.4, -0.2) is 17.0 Å². The van der Waals surface area contributed by atoms with Crippen molar-refractivity contribution >= 4 is 61.7 Å². The minimum Gasteiger partial charge on any atom is -0.333 e. The number of thioether (sulfide) groups is 1. The molecule has 1 aromatic carbocycles. The van der Waals surface area contributed by atoms with E-state index in [0.29, 0.717) is 21.2 Å². The Morgan fingerprint density at radius 2 is 2.00 bits per heavy atom. The Balaban J connectivity index is 2.12. The van der Waals surface area contributed by atoms with E-state index >= 15 is 0 Å². The predicted octanol–water partition coefficient (Wildman–Crippen LogP) is 5.30. The number of aliphatic imine (C=N–C) groups is 1. The van der Waals surface area contributed by atoms with E-state index in [1.165, 1.54) is 0 Å². The zero-order valence-electron chi connectivity index (χ0n) is 10.0. The van der Waals surface area contributed by atoms with Crippen molar-refractivity contribution in [2.24, 2.45) is 10.9 Å². The molecule has 1 aliphatic heterocycles. The molecule has 0 saturated carbocycles. The lowest BCUT2D eigenvalue weighted by atomic mass is 10.1. The fraction of sp³-hybridized carbons (Fsp3) is 0.417. The first-order valence-electron chi connectivity index (χ1n) is 5.60. The highest BCUT2D eigenvalue weighted by Gasteiger charge is 2.23. The van der Waals surface area contributed by atoms with Crippen LogP contribution < -0.4 is 5.32 Å². The largest absolute Gasteiger partial charge is 0.333 e. The van der Waals surface area contributed by atoms with Gasteiger partial charge in [-0.2, -0.15) is 0 Å². The molecule has 98 valence electrons. The summed E-state index contributed by atoms with van der Waals surface area (Å²) in [7, 11) is 0. The van der Waals surface area contributed by atoms with Gasteiger partial charge in [-0.05, 0) is 18.1 Å². The van der Waals surface area contributed by atoms with E-state index in [1.807, 2.05) is 12.1 Å². The van der Waals surface area contributed by atoms with Crippen molar-refractivity contribution < 1.29 is 0 Å². The number of hydrogen-bond donors (Lipinski definition) is 1. The van der Waals surface area contributed by atoms with Gasteiger partial charge in [0.1, 0.15) is 0 Å². The highest BCUT2D eigenvalue weighted by atomic mass is 79.9. The monoisotopic (exact) mass is 366 g/mol. The summed E-state index contributed by atoms with van der Waals surface area (Å²) in [6.45, 7) is 5.25. The van der Waals surface area contributed by atoms with Gasteiger partial charge >= 0.3 is 0 Å². The van der Waals surface area contributed by atoms with Gasteiger partial charge in [-0.25, -0.2) is 0 Å². The average Bonchev–Trinajstić information content (AvgIpc) is 2.71. The summed E-state index contributed by atoms with van der Waals surface area (Å²) in [5, 5.41) is 5.81. The quantitative estimate of drug-likeness (QED) is 0.767. The molecule has 2 rings (SSSR count). The van der Waals surface area contributed by atoms with Gasteiger partial charge in [-0.15, -0.1) is 0 Å². The summed E-state index contributed by atoms with van der Waals surface area (Å²) in [4.78, 5) is 4.48. The molecule has 6 heteroatoms. The molecule has 1 unspecified atom stereocenters. The van der Waals surface area contributed by atoms with Crippen LogP contribution in [0.3, 0.4) is 0 Å². The molecule has 0 aromatic heterocycles. The number of anilines is 1. The van der Waals surface area contributed by atoms with E-state index < -0.39 is 0 Å². The zero-order valence-corrected chi connectivity index (χ0v) is 13.9. The Morgan fingerprint density at radius 3 is 2.50 bits per heavy atom. The Kier molecular flexibility index (Phi) is 4.86. The first-order chi connectivity index (χ1) is 8.47. The van der Waals surface area contributed by atoms with Crippen LogP contribution >= 0.6 is 50.9 Å². The maximum absolute atomic E-state index is 6.17. The number of nitrogens with one attached hydrogen (secondary N) is 1. The maximum Gasteiger partial charge on any atom is 0.161 e. The second kappa shape index (κ2) is 6.04. The molecule has 1 heterocycles. The van der Waals surface area contributed by atoms with Crippen LogP contribution in [0, 0.1) is 5.92 Å². The van der Waals surface area contributed by atoms with Crippen LogP contribution in [0.1, 0.15) is 13.8 Å². The second-order valence-corrected chi connectivity index (χ2v) is 7.37. The molecule has 1 N–H and O–H groups in total. The number of halogens is 3. The summed E-state index contributed by atoms with van der Waals surface area (Å²) in [5.41, 5.74) is 0.720. The number of rotatable bonds is 2. The summed E-state index contributed by atoms with van der Waals surface area (Å²) in [5.74, 6) is 0.605. The van der Waals surface area contributed by atoms with E-state index in [1.54, 1.807) is 11.8 Å². The molecular weight excluding hydrogens is 355 g/mol. The fourth-order valence-corrected chi connectivity index (χ4v) is 3.90. The van der Waals surface area contributed by atoms with Crippen molar-refractivity contribution in [3.8, 4) is 0 Å². The van der Waals surface area contributed by atoms with E-state index in [4.69, 9.17) is 23.2 Å². The van der Waals surface area contributed by atoms with Gasteiger partial charge in [-0.3, -0.25) is 4.99 Å². The van der Waals surface area contributed by atoms with Crippen LogP contribution in [0.15, 0.2) is 21.6 Å². The first-order valence-corrected chi connectivity index (χ1v) is 8.03. The van der Waals surface area contributed by atoms with Gasteiger partial charge in [0.15, 0.2) is 5.17 Å². The molecule has 0 aliphatic carbocycles. The van der Waals surface area contributed by atoms with E-state index in [9.17, 15) is 0 Å². The lowest BCUT2D eigenvalue weighted by Crippen LogP contribution is -2.13. The third-order valence-corrected chi connectivity index (χ3v) is 5.16. The Bertz CT molecular complexity index is 468. The van der Waals surface area contributed by atoms with Gasteiger partial charge in [0.05, 0.1) is 22.3 Å². The number of nitrogens with zero attached hydrogens (tertiary/aromatic N) is 1. The van der Waals surface area contributed by atoms with E-state index in [2.05, 4.69) is 40.1 Å². The van der Waals surface area contributed by atoms with Gasteiger partial charge in [0, 0.05) is 9.72 Å². The fourth-order valence-electron chi connectivity index (χ4n) is 1.58. The SMILES string of the molecule is CC(C)C1CN=C(Nc2c(Cl)cc(Br)cc2Cl)S1. The molecule has 1 aliphatic rings. The van der Waals surface area contributed by atoms with Crippen LogP contribution in [0.2, 0.25) is 10.0 Å². The maximum atomic E-state index is 6.17. The minimum absolute atomic E-state index is 0.528. The van der Waals surface area contributed by atoms with Crippen LogP contribution in [0.25, 0.3) is 0 Å². The molecular formula is C12H13BrCl2N2S. The molecule has 0 amide bonds.